The van der Waals surface area contributed by atoms with Crippen LogP contribution in [0.25, 0.3) is 10.8 Å². The van der Waals surface area contributed by atoms with Gasteiger partial charge in [-0.3, -0.25) is 24.3 Å². The number of methoxy groups -OCH3 is 1. The van der Waals surface area contributed by atoms with Crippen LogP contribution in [0.15, 0.2) is 46.1 Å². The fraction of sp³-hybridized carbons (Fsp3) is 0.578. The Hall–Kier alpha value is -4.87. The third-order valence-electron chi connectivity index (χ3n) is 13.7. The number of hydrogen-bond acceptors (Lipinski definition) is 15. The van der Waals surface area contributed by atoms with E-state index in [1.165, 1.54) is 27.2 Å². The minimum absolute atomic E-state index is 0.0317. The van der Waals surface area contributed by atoms with E-state index < -0.39 is 82.9 Å². The van der Waals surface area contributed by atoms with Crippen LogP contribution in [0, 0.1) is 36.5 Å². The number of piperidine rings is 1. The van der Waals surface area contributed by atoms with Gasteiger partial charge in [-0.25, -0.2) is 4.99 Å². The van der Waals surface area contributed by atoms with E-state index in [9.17, 15) is 34.8 Å². The first-order chi connectivity index (χ1) is 28.7. The number of Topliss-reactive ketones (excluding diaryl/α,β-unsaturated/α-hetero) is 1. The summed E-state index contributed by atoms with van der Waals surface area (Å²) in [6.07, 6.45) is 3.90. The number of aliphatic hydroxyl groups excluding tert-OH is 2. The van der Waals surface area contributed by atoms with E-state index in [2.05, 4.69) is 20.1 Å². The van der Waals surface area contributed by atoms with Gasteiger partial charge in [0, 0.05) is 86.7 Å². The lowest BCUT2D eigenvalue weighted by Gasteiger charge is -2.43. The Kier molecular flexibility index (Phi) is 11.7. The summed E-state index contributed by atoms with van der Waals surface area (Å²) in [7, 11) is 5.54. The maximum Gasteiger partial charge on any atom is 0.312 e. The number of nitrogens with zero attached hydrogens (tertiary/aromatic N) is 4. The molecule has 0 radical (unpaired) electrons. The molecule has 5 aliphatic rings. The quantitative estimate of drug-likeness (QED) is 0.218. The molecule has 2 unspecified atom stereocenters. The predicted molar refractivity (Wildman–Crippen MR) is 225 cm³/mol. The van der Waals surface area contributed by atoms with E-state index in [4.69, 9.17) is 23.9 Å². The summed E-state index contributed by atoms with van der Waals surface area (Å²) >= 11 is 0. The van der Waals surface area contributed by atoms with Crippen LogP contribution < -0.4 is 20.8 Å². The van der Waals surface area contributed by atoms with Crippen LogP contribution in [0.3, 0.4) is 0 Å². The molecule has 330 valence electrons. The molecule has 2 saturated heterocycles. The monoisotopic (exact) mass is 845 g/mol. The van der Waals surface area contributed by atoms with Crippen molar-refractivity contribution in [1.82, 2.24) is 9.80 Å². The Bertz CT molecular complexity index is 2380. The number of ketones is 1. The minimum Gasteiger partial charge on any atom is -0.507 e. The number of anilines is 1. The number of rotatable bonds is 2. The number of nitrogens with one attached hydrogen (secondary N) is 1. The number of aliphatic hydroxyl groups is 2. The molecule has 61 heavy (non-hydrogen) atoms. The molecule has 0 aliphatic carbocycles. The maximum absolute atomic E-state index is 14.8. The number of likely N-dealkylation sites (tertiary alicyclic amines) is 2. The van der Waals surface area contributed by atoms with Crippen molar-refractivity contribution >= 4 is 34.1 Å². The van der Waals surface area contributed by atoms with Crippen LogP contribution in [0.2, 0.25) is 0 Å². The highest BCUT2D eigenvalue weighted by Crippen LogP contribution is 2.52. The number of hydrogen-bond donors (Lipinski definition) is 5. The van der Waals surface area contributed by atoms with E-state index in [0.29, 0.717) is 25.3 Å². The largest absolute Gasteiger partial charge is 0.507 e. The highest BCUT2D eigenvalue weighted by atomic mass is 16.7. The van der Waals surface area contributed by atoms with E-state index in [0.717, 1.165) is 0 Å². The summed E-state index contributed by atoms with van der Waals surface area (Å²) in [6.45, 7) is 14.9. The van der Waals surface area contributed by atoms with Gasteiger partial charge in [0.2, 0.25) is 0 Å². The number of carbonyl (C=O) groups excluding carboxylic acids is 3. The predicted octanol–water partition coefficient (Wildman–Crippen LogP) is 2.87. The number of amides is 1. The molecular weight excluding hydrogens is 787 g/mol. The highest BCUT2D eigenvalue weighted by molar-refractivity contribution is 6.21. The van der Waals surface area contributed by atoms with E-state index >= 15 is 0 Å². The lowest BCUT2D eigenvalue weighted by atomic mass is 9.78. The Labute approximate surface area is 355 Å². The van der Waals surface area contributed by atoms with Crippen molar-refractivity contribution in [3.05, 3.63) is 58.0 Å². The van der Waals surface area contributed by atoms with E-state index in [1.807, 2.05) is 14.1 Å². The molecule has 2 aromatic carbocycles. The van der Waals surface area contributed by atoms with Crippen molar-refractivity contribution in [2.75, 3.05) is 46.2 Å². The maximum atomic E-state index is 14.8. The molecule has 5 heterocycles. The number of likely N-dealkylation sites (N-methyl/N-ethyl adjacent to an activating group) is 2. The number of allylic oxidation sites excluding steroid dienone is 2. The molecule has 1 spiro atoms. The average Bonchev–Trinajstić information content (AvgIpc) is 3.76. The molecule has 12 atom stereocenters. The minimum atomic E-state index is -1.96. The SMILES string of the molecule is CO[C@H]1/C=C/O[C@@]2(C)Oc3c(C)c(O)c4c(O)c(c5c(c4c3C2=O)N[C@@]2(N=5)C3CN(C)CC2N(C)C3)=NC(=O)/C(C)=C\C=C\[C@H](C)[C@H](O)[C@@H](C)[C@@H](O)[C@@H](C)[C@H](OC(C)=O)[C@@H]1C. The standard InChI is InChI=1S/C45H59N5O11/c1-20-13-12-14-21(2)43(57)46-35-34-33(47-45(48-34)27-17-49(9)19-29(45)50(10)18-27)30-31(39(35)55)38(54)25(6)41-32(30)42(56)44(8,61-41)59-16-15-28(58-11)22(3)40(60-26(7)51)24(5)37(53)23(4)36(20)52/h12-16,20,22-24,27-29,36-37,40,47,52-55H,17-19H2,1-11H3/b13-12+,16-15+,21-14-,46-35?/t20-,22+,23+,24+,27?,28-,29?,36-,37+,40+,44-,45+/m0/s1. The third-order valence-corrected chi connectivity index (χ3v) is 13.7. The van der Waals surface area contributed by atoms with Gasteiger partial charge < -0.3 is 49.6 Å². The first-order valence-electron chi connectivity index (χ1n) is 20.9. The normalized spacial score (nSPS) is 37.6. The van der Waals surface area contributed by atoms with Crippen molar-refractivity contribution in [2.45, 2.75) is 97.3 Å². The number of phenols is 2. The van der Waals surface area contributed by atoms with Gasteiger partial charge in [-0.15, -0.1) is 0 Å². The van der Waals surface area contributed by atoms with Crippen molar-refractivity contribution in [2.24, 2.45) is 39.6 Å². The van der Waals surface area contributed by atoms with Crippen molar-refractivity contribution in [3.8, 4) is 17.2 Å². The number of fused-ring (bicyclic) bond motifs is 1. The van der Waals surface area contributed by atoms with Crippen molar-refractivity contribution < 1.29 is 53.8 Å². The first-order valence-corrected chi connectivity index (χ1v) is 20.9. The van der Waals surface area contributed by atoms with Crippen molar-refractivity contribution in [1.29, 1.82) is 0 Å². The number of carbonyl (C=O) groups is 3. The molecule has 2 aromatic rings. The second-order valence-electron chi connectivity index (χ2n) is 18.0. The zero-order valence-corrected chi connectivity index (χ0v) is 36.7. The molecule has 16 nitrogen and oxygen atoms in total. The third kappa shape index (κ3) is 7.19. The molecule has 0 aromatic heterocycles. The fourth-order valence-electron chi connectivity index (χ4n) is 10.1. The molecule has 1 amide bonds. The number of benzene rings is 2. The van der Waals surface area contributed by atoms with Crippen LogP contribution in [-0.4, -0.2) is 131 Å². The topological polar surface area (TPSA) is 212 Å². The van der Waals surface area contributed by atoms with Crippen LogP contribution in [0.5, 0.6) is 17.2 Å². The number of aromatic hydroxyl groups is 2. The Morgan fingerprint density at radius 3 is 2.31 bits per heavy atom. The summed E-state index contributed by atoms with van der Waals surface area (Å²) in [5.41, 5.74) is -0.184. The van der Waals surface area contributed by atoms with Gasteiger partial charge in [-0.1, -0.05) is 45.9 Å². The van der Waals surface area contributed by atoms with Gasteiger partial charge in [0.25, 0.3) is 11.7 Å². The van der Waals surface area contributed by atoms with Crippen LogP contribution >= 0.6 is 0 Å². The zero-order valence-electron chi connectivity index (χ0n) is 36.7. The molecular formula is C45H59N5O11. The summed E-state index contributed by atoms with van der Waals surface area (Å²) in [6, 6.07) is -0.134. The number of esters is 1. The Morgan fingerprint density at radius 1 is 0.951 bits per heavy atom. The summed E-state index contributed by atoms with van der Waals surface area (Å²) in [5.74, 6) is -7.10. The Balaban J connectivity index is 1.45. The molecule has 5 aliphatic heterocycles. The van der Waals surface area contributed by atoms with E-state index in [-0.39, 0.29) is 61.6 Å². The van der Waals surface area contributed by atoms with Crippen LogP contribution in [0.1, 0.15) is 64.4 Å². The lowest BCUT2D eigenvalue weighted by molar-refractivity contribution is -0.160. The zero-order chi connectivity index (χ0) is 44.6. The molecule has 5 N–H and O–H groups in total. The summed E-state index contributed by atoms with van der Waals surface area (Å²) in [4.78, 5) is 55.3. The summed E-state index contributed by atoms with van der Waals surface area (Å²) < 4.78 is 24.1. The molecule has 2 fully saturated rings. The van der Waals surface area contributed by atoms with Gasteiger partial charge >= 0.3 is 11.8 Å². The molecule has 7 rings (SSSR count). The highest BCUT2D eigenvalue weighted by Gasteiger charge is 2.59. The van der Waals surface area contributed by atoms with Gasteiger partial charge in [0.1, 0.15) is 28.3 Å². The van der Waals surface area contributed by atoms with Crippen LogP contribution in [0.4, 0.5) is 5.69 Å². The van der Waals surface area contributed by atoms with Crippen LogP contribution in [-0.2, 0) is 23.8 Å². The average molecular weight is 846 g/mol. The molecule has 16 heteroatoms. The second kappa shape index (κ2) is 16.1. The van der Waals surface area contributed by atoms with Gasteiger partial charge in [-0.05, 0) is 34.0 Å². The number of phenolic OH excluding ortho intramolecular Hbond substituents is 2. The van der Waals surface area contributed by atoms with Crippen molar-refractivity contribution in [3.63, 3.8) is 0 Å². The van der Waals surface area contributed by atoms with Gasteiger partial charge in [0.15, 0.2) is 11.4 Å². The molecule has 6 bridgehead atoms. The number of ether oxygens (including phenoxy) is 4. The molecule has 0 saturated carbocycles. The summed E-state index contributed by atoms with van der Waals surface area (Å²) in [5, 5.41) is 50.8. The second-order valence-corrected chi connectivity index (χ2v) is 18.0. The fourth-order valence-corrected chi connectivity index (χ4v) is 10.1. The van der Waals surface area contributed by atoms with Gasteiger partial charge in [0.05, 0.1) is 47.3 Å². The van der Waals surface area contributed by atoms with Gasteiger partial charge in [-0.2, -0.15) is 0 Å². The smallest absolute Gasteiger partial charge is 0.312 e. The van der Waals surface area contributed by atoms with E-state index in [1.54, 1.807) is 65.8 Å². The Morgan fingerprint density at radius 2 is 1.66 bits per heavy atom. The first kappa shape index (κ1) is 44.2. The lowest BCUT2D eigenvalue weighted by Crippen LogP contribution is -2.60.